The van der Waals surface area contributed by atoms with Gasteiger partial charge in [-0.25, -0.2) is 9.78 Å². The Hall–Kier alpha value is -2.58. The van der Waals surface area contributed by atoms with E-state index in [1.165, 1.54) is 16.9 Å². The predicted octanol–water partition coefficient (Wildman–Crippen LogP) is 4.23. The maximum atomic E-state index is 12.0. The summed E-state index contributed by atoms with van der Waals surface area (Å²) in [7, 11) is 1.73. The maximum absolute atomic E-state index is 12.0. The number of nitrogens with zero attached hydrogens (tertiary/aromatic N) is 2. The molecule has 0 aliphatic heterocycles. The molecule has 2 heterocycles. The zero-order valence-corrected chi connectivity index (χ0v) is 19.1. The predicted molar refractivity (Wildman–Crippen MR) is 123 cm³/mol. The van der Waals surface area contributed by atoms with Crippen molar-refractivity contribution in [1.29, 1.82) is 0 Å². The fourth-order valence-corrected chi connectivity index (χ4v) is 4.26. The summed E-state index contributed by atoms with van der Waals surface area (Å²) < 4.78 is 5.09. The van der Waals surface area contributed by atoms with Gasteiger partial charge in [0.15, 0.2) is 5.96 Å². The molecule has 3 aromatic rings. The fourth-order valence-electron chi connectivity index (χ4n) is 3.12. The molecule has 30 heavy (non-hydrogen) atoms. The van der Waals surface area contributed by atoms with Crippen LogP contribution in [-0.4, -0.2) is 42.1 Å². The van der Waals surface area contributed by atoms with Gasteiger partial charge < -0.3 is 20.4 Å². The van der Waals surface area contributed by atoms with Gasteiger partial charge in [0.1, 0.15) is 9.88 Å². The number of carbonyl (C=O) groups excluding carboxylic acids is 1. The Labute approximate surface area is 184 Å². The van der Waals surface area contributed by atoms with Crippen molar-refractivity contribution in [2.75, 3.05) is 20.2 Å². The van der Waals surface area contributed by atoms with Gasteiger partial charge in [-0.2, -0.15) is 0 Å². The van der Waals surface area contributed by atoms with Crippen molar-refractivity contribution < 1.29 is 9.53 Å². The van der Waals surface area contributed by atoms with Crippen molar-refractivity contribution in [3.05, 3.63) is 50.6 Å². The number of aromatic nitrogens is 2. The van der Waals surface area contributed by atoms with Gasteiger partial charge in [0.25, 0.3) is 0 Å². The Morgan fingerprint density at radius 3 is 2.97 bits per heavy atom. The lowest BCUT2D eigenvalue weighted by atomic mass is 10.1. The second kappa shape index (κ2) is 9.95. The molecule has 3 N–H and O–H groups in total. The highest BCUT2D eigenvalue weighted by Crippen LogP contribution is 2.25. The van der Waals surface area contributed by atoms with Crippen molar-refractivity contribution >= 4 is 45.8 Å². The highest BCUT2D eigenvalue weighted by Gasteiger charge is 2.20. The molecule has 1 unspecified atom stereocenters. The molecule has 9 heteroatoms. The number of halogens is 1. The van der Waals surface area contributed by atoms with Gasteiger partial charge in [-0.15, -0.1) is 11.3 Å². The largest absolute Gasteiger partial charge is 0.462 e. The third kappa shape index (κ3) is 5.12. The molecule has 0 bridgehead atoms. The molecule has 0 fully saturated rings. The van der Waals surface area contributed by atoms with Crippen LogP contribution in [0.3, 0.4) is 0 Å². The van der Waals surface area contributed by atoms with Gasteiger partial charge in [0.05, 0.1) is 18.3 Å². The Kier molecular flexibility index (Phi) is 7.33. The molecule has 0 radical (unpaired) electrons. The van der Waals surface area contributed by atoms with Crippen LogP contribution in [0.15, 0.2) is 29.4 Å². The first-order chi connectivity index (χ1) is 14.4. The van der Waals surface area contributed by atoms with Crippen LogP contribution in [0.25, 0.3) is 10.9 Å². The molecule has 160 valence electrons. The van der Waals surface area contributed by atoms with Crippen LogP contribution in [0.5, 0.6) is 0 Å². The normalized spacial score (nSPS) is 12.8. The standard InChI is InChI=1S/C21H26ClN5O2S/c1-5-29-20(28)18-12(2)26-19(30-18)13(3)27-21(23-4)24-9-8-14-11-25-17-7-6-15(22)10-16(14)17/h6-7,10-11,13,25H,5,8-9H2,1-4H3,(H2,23,24,27). The van der Waals surface area contributed by atoms with Crippen LogP contribution < -0.4 is 10.6 Å². The van der Waals surface area contributed by atoms with Crippen LogP contribution in [0.1, 0.15) is 45.8 Å². The third-order valence-corrected chi connectivity index (χ3v) is 6.19. The van der Waals surface area contributed by atoms with E-state index in [1.54, 1.807) is 14.0 Å². The minimum atomic E-state index is -0.327. The first-order valence-corrected chi connectivity index (χ1v) is 11.0. The summed E-state index contributed by atoms with van der Waals surface area (Å²) in [6, 6.07) is 5.74. The minimum absolute atomic E-state index is 0.102. The number of esters is 1. The van der Waals surface area contributed by atoms with Crippen LogP contribution in [0, 0.1) is 6.92 Å². The highest BCUT2D eigenvalue weighted by molar-refractivity contribution is 7.13. The molecule has 0 amide bonds. The first kappa shape index (κ1) is 22.1. The van der Waals surface area contributed by atoms with Crippen molar-refractivity contribution in [3.8, 4) is 0 Å². The summed E-state index contributed by atoms with van der Waals surface area (Å²) in [6.07, 6.45) is 2.83. The number of benzene rings is 1. The van der Waals surface area contributed by atoms with Crippen LogP contribution >= 0.6 is 22.9 Å². The monoisotopic (exact) mass is 447 g/mol. The number of hydrogen-bond acceptors (Lipinski definition) is 5. The number of thiazole rings is 1. The van der Waals surface area contributed by atoms with Crippen molar-refractivity contribution in [3.63, 3.8) is 0 Å². The molecular weight excluding hydrogens is 422 g/mol. The van der Waals surface area contributed by atoms with E-state index in [9.17, 15) is 4.79 Å². The summed E-state index contributed by atoms with van der Waals surface area (Å²) in [5, 5.41) is 9.32. The number of H-pyrrole nitrogens is 1. The minimum Gasteiger partial charge on any atom is -0.462 e. The lowest BCUT2D eigenvalue weighted by Crippen LogP contribution is -2.39. The summed E-state index contributed by atoms with van der Waals surface area (Å²) in [4.78, 5) is 24.7. The number of fused-ring (bicyclic) bond motifs is 1. The number of nitrogens with one attached hydrogen (secondary N) is 3. The number of guanidine groups is 1. The zero-order chi connectivity index (χ0) is 21.7. The van der Waals surface area contributed by atoms with E-state index in [-0.39, 0.29) is 12.0 Å². The molecule has 0 saturated carbocycles. The van der Waals surface area contributed by atoms with E-state index in [1.807, 2.05) is 38.2 Å². The second-order valence-corrected chi connectivity index (χ2v) is 8.27. The van der Waals surface area contributed by atoms with Gasteiger partial charge in [-0.3, -0.25) is 4.99 Å². The molecule has 1 atom stereocenters. The molecule has 7 nitrogen and oxygen atoms in total. The second-order valence-electron chi connectivity index (χ2n) is 6.81. The van der Waals surface area contributed by atoms with Crippen LogP contribution in [0.2, 0.25) is 5.02 Å². The smallest absolute Gasteiger partial charge is 0.350 e. The van der Waals surface area contributed by atoms with E-state index in [4.69, 9.17) is 16.3 Å². The number of aliphatic imine (C=N–C) groups is 1. The van der Waals surface area contributed by atoms with Gasteiger partial charge in [-0.1, -0.05) is 11.6 Å². The quantitative estimate of drug-likeness (QED) is 0.286. The maximum Gasteiger partial charge on any atom is 0.350 e. The van der Waals surface area contributed by atoms with Crippen molar-refractivity contribution in [2.24, 2.45) is 4.99 Å². The first-order valence-electron chi connectivity index (χ1n) is 9.80. The molecule has 1 aromatic carbocycles. The molecule has 0 aliphatic carbocycles. The lowest BCUT2D eigenvalue weighted by molar-refractivity contribution is 0.0531. The Balaban J connectivity index is 1.58. The molecule has 0 aliphatic rings. The van der Waals surface area contributed by atoms with E-state index < -0.39 is 0 Å². The topological polar surface area (TPSA) is 91.4 Å². The Bertz CT molecular complexity index is 1060. The lowest BCUT2D eigenvalue weighted by Gasteiger charge is -2.16. The Morgan fingerprint density at radius 2 is 2.23 bits per heavy atom. The summed E-state index contributed by atoms with van der Waals surface area (Å²) in [6.45, 7) is 6.65. The van der Waals surface area contributed by atoms with E-state index in [0.717, 1.165) is 27.4 Å². The molecule has 2 aromatic heterocycles. The molecule has 0 spiro atoms. The molecular formula is C21H26ClN5O2S. The highest BCUT2D eigenvalue weighted by atomic mass is 35.5. The molecule has 0 saturated heterocycles. The van der Waals surface area contributed by atoms with Crippen LogP contribution in [0.4, 0.5) is 0 Å². The summed E-state index contributed by atoms with van der Waals surface area (Å²) >= 11 is 7.47. The van der Waals surface area contributed by atoms with Gasteiger partial charge in [-0.05, 0) is 51.0 Å². The number of carbonyl (C=O) groups is 1. The van der Waals surface area contributed by atoms with Crippen LogP contribution in [-0.2, 0) is 11.2 Å². The number of aryl methyl sites for hydroxylation is 1. The average Bonchev–Trinajstić information content (AvgIpc) is 3.30. The van der Waals surface area contributed by atoms with E-state index in [2.05, 4.69) is 25.6 Å². The molecule has 3 rings (SSSR count). The number of ether oxygens (including phenoxy) is 1. The van der Waals surface area contributed by atoms with Crippen molar-refractivity contribution in [2.45, 2.75) is 33.2 Å². The SMILES string of the molecule is CCOC(=O)c1sc(C(C)NC(=NC)NCCc2c[nH]c3ccc(Cl)cc23)nc1C. The van der Waals surface area contributed by atoms with E-state index >= 15 is 0 Å². The Morgan fingerprint density at radius 1 is 1.43 bits per heavy atom. The van der Waals surface area contributed by atoms with Gasteiger partial charge in [0, 0.05) is 35.7 Å². The fraction of sp³-hybridized carbons (Fsp3) is 0.381. The van der Waals surface area contributed by atoms with Crippen molar-refractivity contribution in [1.82, 2.24) is 20.6 Å². The number of rotatable bonds is 7. The van der Waals surface area contributed by atoms with Gasteiger partial charge >= 0.3 is 5.97 Å². The van der Waals surface area contributed by atoms with E-state index in [0.29, 0.717) is 29.7 Å². The average molecular weight is 448 g/mol. The van der Waals surface area contributed by atoms with Gasteiger partial charge in [0.2, 0.25) is 0 Å². The third-order valence-electron chi connectivity index (χ3n) is 4.64. The zero-order valence-electron chi connectivity index (χ0n) is 17.5. The summed E-state index contributed by atoms with van der Waals surface area (Å²) in [5.41, 5.74) is 2.95. The number of aromatic amines is 1. The summed E-state index contributed by atoms with van der Waals surface area (Å²) in [5.74, 6) is 0.346. The number of hydrogen-bond donors (Lipinski definition) is 3.